The molecule has 0 aliphatic carbocycles. The number of phenols is 1. The lowest BCUT2D eigenvalue weighted by molar-refractivity contribution is 0.348. The van der Waals surface area contributed by atoms with Crippen LogP contribution in [-0.2, 0) is 5.54 Å². The molecule has 0 atom stereocenters. The van der Waals surface area contributed by atoms with Gasteiger partial charge >= 0.3 is 0 Å². The fourth-order valence-electron chi connectivity index (χ4n) is 1.55. The molecule has 3 N–H and O–H groups in total. The maximum Gasteiger partial charge on any atom is 0.180 e. The molecule has 4 nitrogen and oxygen atoms in total. The van der Waals surface area contributed by atoms with Gasteiger partial charge in [-0.25, -0.2) is 0 Å². The summed E-state index contributed by atoms with van der Waals surface area (Å²) in [5, 5.41) is 10.1. The quantitative estimate of drug-likeness (QED) is 0.857. The van der Waals surface area contributed by atoms with Gasteiger partial charge in [0.1, 0.15) is 5.75 Å². The molecule has 0 heterocycles. The molecule has 90 valence electrons. The number of ether oxygens (including phenoxy) is 2. The van der Waals surface area contributed by atoms with E-state index in [-0.39, 0.29) is 10.8 Å². The summed E-state index contributed by atoms with van der Waals surface area (Å²) >= 11 is 6.14. The second kappa shape index (κ2) is 4.39. The summed E-state index contributed by atoms with van der Waals surface area (Å²) in [4.78, 5) is 0. The highest BCUT2D eigenvalue weighted by Gasteiger charge is 2.27. The third kappa shape index (κ3) is 2.18. The van der Waals surface area contributed by atoms with Crippen molar-refractivity contribution in [3.8, 4) is 17.2 Å². The Hall–Kier alpha value is -1.13. The summed E-state index contributed by atoms with van der Waals surface area (Å²) < 4.78 is 10.2. The Morgan fingerprint density at radius 2 is 1.88 bits per heavy atom. The first-order valence-corrected chi connectivity index (χ1v) is 5.13. The molecule has 0 amide bonds. The Labute approximate surface area is 99.9 Å². The van der Waals surface area contributed by atoms with Crippen molar-refractivity contribution >= 4 is 11.6 Å². The summed E-state index contributed by atoms with van der Waals surface area (Å²) in [6.45, 7) is 3.50. The molecule has 0 saturated heterocycles. The molecule has 0 radical (unpaired) electrons. The number of phenolic OH excluding ortho intramolecular Hbond substituents is 1. The van der Waals surface area contributed by atoms with Gasteiger partial charge in [0.2, 0.25) is 0 Å². The topological polar surface area (TPSA) is 64.7 Å². The molecule has 1 aromatic carbocycles. The van der Waals surface area contributed by atoms with E-state index in [0.29, 0.717) is 17.1 Å². The van der Waals surface area contributed by atoms with Crippen LogP contribution in [0.2, 0.25) is 5.02 Å². The SMILES string of the molecule is COc1cc(O)c(C(C)(C)N)c(Cl)c1OC. The van der Waals surface area contributed by atoms with E-state index >= 15 is 0 Å². The normalized spacial score (nSPS) is 11.4. The highest BCUT2D eigenvalue weighted by molar-refractivity contribution is 6.33. The average Bonchev–Trinajstić information content (AvgIpc) is 2.14. The Morgan fingerprint density at radius 1 is 1.31 bits per heavy atom. The van der Waals surface area contributed by atoms with Crippen molar-refractivity contribution in [3.63, 3.8) is 0 Å². The molecular formula is C11H16ClNO3. The van der Waals surface area contributed by atoms with Crippen molar-refractivity contribution in [2.75, 3.05) is 14.2 Å². The van der Waals surface area contributed by atoms with E-state index in [9.17, 15) is 5.11 Å². The molecule has 0 aromatic heterocycles. The molecule has 1 aromatic rings. The summed E-state index contributed by atoms with van der Waals surface area (Å²) in [6, 6.07) is 1.44. The highest BCUT2D eigenvalue weighted by Crippen LogP contribution is 2.45. The van der Waals surface area contributed by atoms with Crippen LogP contribution in [0.15, 0.2) is 6.07 Å². The van der Waals surface area contributed by atoms with Crippen LogP contribution in [0.1, 0.15) is 19.4 Å². The van der Waals surface area contributed by atoms with Crippen LogP contribution >= 0.6 is 11.6 Å². The van der Waals surface area contributed by atoms with Gasteiger partial charge in [-0.15, -0.1) is 0 Å². The zero-order valence-corrected chi connectivity index (χ0v) is 10.6. The van der Waals surface area contributed by atoms with Crippen LogP contribution < -0.4 is 15.2 Å². The first kappa shape index (κ1) is 12.9. The number of nitrogens with two attached hydrogens (primary N) is 1. The molecule has 0 aliphatic rings. The Bertz CT molecular complexity index is 399. The Balaban J connectivity index is 3.54. The van der Waals surface area contributed by atoms with E-state index in [1.165, 1.54) is 20.3 Å². The smallest absolute Gasteiger partial charge is 0.180 e. The molecule has 0 fully saturated rings. The zero-order chi connectivity index (χ0) is 12.5. The van der Waals surface area contributed by atoms with Gasteiger partial charge < -0.3 is 20.3 Å². The predicted octanol–water partition coefficient (Wildman–Crippen LogP) is 2.26. The minimum atomic E-state index is -0.763. The first-order valence-electron chi connectivity index (χ1n) is 4.75. The lowest BCUT2D eigenvalue weighted by Crippen LogP contribution is -2.29. The molecule has 1 rings (SSSR count). The third-order valence-electron chi connectivity index (χ3n) is 2.23. The molecule has 0 unspecified atom stereocenters. The largest absolute Gasteiger partial charge is 0.507 e. The number of aromatic hydroxyl groups is 1. The predicted molar refractivity (Wildman–Crippen MR) is 63.4 cm³/mol. The van der Waals surface area contributed by atoms with E-state index in [1.54, 1.807) is 13.8 Å². The average molecular weight is 246 g/mol. The van der Waals surface area contributed by atoms with Crippen molar-refractivity contribution in [3.05, 3.63) is 16.7 Å². The highest BCUT2D eigenvalue weighted by atomic mass is 35.5. The van der Waals surface area contributed by atoms with Gasteiger partial charge in [-0.05, 0) is 13.8 Å². The molecule has 0 aliphatic heterocycles. The van der Waals surface area contributed by atoms with Crippen LogP contribution in [0.25, 0.3) is 0 Å². The van der Waals surface area contributed by atoms with Crippen molar-refractivity contribution in [2.45, 2.75) is 19.4 Å². The van der Waals surface area contributed by atoms with Crippen LogP contribution in [0.3, 0.4) is 0 Å². The van der Waals surface area contributed by atoms with Crippen molar-refractivity contribution in [1.29, 1.82) is 0 Å². The van der Waals surface area contributed by atoms with Crippen molar-refractivity contribution in [1.82, 2.24) is 0 Å². The lowest BCUT2D eigenvalue weighted by Gasteiger charge is -2.24. The van der Waals surface area contributed by atoms with Crippen LogP contribution in [0.4, 0.5) is 0 Å². The summed E-state index contributed by atoms with van der Waals surface area (Å²) in [6.07, 6.45) is 0. The van der Waals surface area contributed by atoms with Crippen LogP contribution in [-0.4, -0.2) is 19.3 Å². The van der Waals surface area contributed by atoms with Crippen molar-refractivity contribution in [2.24, 2.45) is 5.73 Å². The minimum Gasteiger partial charge on any atom is -0.507 e. The first-order chi connectivity index (χ1) is 7.32. The maximum atomic E-state index is 9.86. The van der Waals surface area contributed by atoms with E-state index in [1.807, 2.05) is 0 Å². The summed E-state index contributed by atoms with van der Waals surface area (Å²) in [5.41, 5.74) is 5.61. The van der Waals surface area contributed by atoms with E-state index in [0.717, 1.165) is 0 Å². The fraction of sp³-hybridized carbons (Fsp3) is 0.455. The van der Waals surface area contributed by atoms with Crippen LogP contribution in [0, 0.1) is 0 Å². The van der Waals surface area contributed by atoms with Gasteiger partial charge in [-0.2, -0.15) is 0 Å². The number of benzene rings is 1. The number of hydrogen-bond donors (Lipinski definition) is 2. The van der Waals surface area contributed by atoms with Gasteiger partial charge in [0.25, 0.3) is 0 Å². The number of hydrogen-bond acceptors (Lipinski definition) is 4. The van der Waals surface area contributed by atoms with E-state index in [4.69, 9.17) is 26.8 Å². The number of rotatable bonds is 3. The van der Waals surface area contributed by atoms with Gasteiger partial charge in [0.15, 0.2) is 11.5 Å². The second-order valence-corrected chi connectivity index (χ2v) is 4.42. The fourth-order valence-corrected chi connectivity index (χ4v) is 2.06. The summed E-state index contributed by atoms with van der Waals surface area (Å²) in [7, 11) is 2.95. The van der Waals surface area contributed by atoms with Gasteiger partial charge in [0.05, 0.1) is 19.2 Å². The Morgan fingerprint density at radius 3 is 2.25 bits per heavy atom. The molecule has 0 bridgehead atoms. The van der Waals surface area contributed by atoms with Gasteiger partial charge in [-0.1, -0.05) is 11.6 Å². The minimum absolute atomic E-state index is 0.00449. The van der Waals surface area contributed by atoms with Crippen LogP contribution in [0.5, 0.6) is 17.2 Å². The molecule has 16 heavy (non-hydrogen) atoms. The van der Waals surface area contributed by atoms with E-state index in [2.05, 4.69) is 0 Å². The maximum absolute atomic E-state index is 9.86. The van der Waals surface area contributed by atoms with E-state index < -0.39 is 5.54 Å². The van der Waals surface area contributed by atoms with Crippen molar-refractivity contribution < 1.29 is 14.6 Å². The lowest BCUT2D eigenvalue weighted by atomic mass is 9.94. The monoisotopic (exact) mass is 245 g/mol. The summed E-state index contributed by atoms with van der Waals surface area (Å²) in [5.74, 6) is 0.739. The Kier molecular flexibility index (Phi) is 3.55. The molecule has 5 heteroatoms. The zero-order valence-electron chi connectivity index (χ0n) is 9.80. The van der Waals surface area contributed by atoms with Gasteiger partial charge in [-0.3, -0.25) is 0 Å². The third-order valence-corrected chi connectivity index (χ3v) is 2.60. The molecule has 0 spiro atoms. The molecule has 0 saturated carbocycles. The number of halogens is 1. The standard InChI is InChI=1S/C11H16ClNO3/c1-11(2,13)8-6(14)5-7(15-3)10(16-4)9(8)12/h5,14H,13H2,1-4H3. The second-order valence-electron chi connectivity index (χ2n) is 4.04. The van der Waals surface area contributed by atoms with Gasteiger partial charge in [0, 0.05) is 17.2 Å². The number of methoxy groups -OCH3 is 2. The molecular weight excluding hydrogens is 230 g/mol.